The Kier molecular flexibility index (Phi) is 7.18. The van der Waals surface area contributed by atoms with Gasteiger partial charge in [0.1, 0.15) is 0 Å². The summed E-state index contributed by atoms with van der Waals surface area (Å²) < 4.78 is 2.65. The predicted octanol–water partition coefficient (Wildman–Crippen LogP) is 2.98. The minimum atomic E-state index is 0.182. The molecule has 0 spiro atoms. The van der Waals surface area contributed by atoms with Crippen molar-refractivity contribution >= 4 is 65.5 Å². The van der Waals surface area contributed by atoms with E-state index in [1.807, 2.05) is 36.0 Å². The second kappa shape index (κ2) is 10.0. The van der Waals surface area contributed by atoms with Crippen molar-refractivity contribution in [2.75, 3.05) is 11.5 Å². The van der Waals surface area contributed by atoms with Gasteiger partial charge in [0.2, 0.25) is 0 Å². The summed E-state index contributed by atoms with van der Waals surface area (Å²) in [6.07, 6.45) is 0. The first-order valence-corrected chi connectivity index (χ1v) is 13.4. The molecule has 156 valence electrons. The maximum atomic E-state index is 5.98. The molecular weight excluding hydrogens is 522 g/mol. The van der Waals surface area contributed by atoms with Crippen molar-refractivity contribution in [3.63, 3.8) is 0 Å². The Balaban J connectivity index is 1.79. The van der Waals surface area contributed by atoms with Crippen LogP contribution in [-0.4, -0.2) is 33.7 Å². The molecule has 4 unspecified atom stereocenters. The van der Waals surface area contributed by atoms with Gasteiger partial charge in [-0.05, 0) is 0 Å². The standard InChI is InChI=1S/C26H26As2N2S/c27-21-9-1-17(2-10-21)25(19-5-13-23(29)14-6-19)31-26(18-3-11-22(28)12-4-18)20-7-15-24(30)16-8-20/h1-16,25-26H,27-30H2. The number of nitrogens with two attached hydrogens (primary N) is 2. The number of hydrogen-bond donors (Lipinski definition) is 2. The molecule has 0 fully saturated rings. The van der Waals surface area contributed by atoms with Gasteiger partial charge >= 0.3 is 207 Å². The van der Waals surface area contributed by atoms with Crippen LogP contribution in [0.5, 0.6) is 0 Å². The molecule has 0 saturated heterocycles. The molecule has 0 radical (unpaired) electrons. The number of nitrogen functional groups attached to an aromatic ring is 2. The van der Waals surface area contributed by atoms with Crippen LogP contribution in [0.2, 0.25) is 0 Å². The third kappa shape index (κ3) is 5.60. The van der Waals surface area contributed by atoms with Crippen molar-refractivity contribution in [1.29, 1.82) is 0 Å². The van der Waals surface area contributed by atoms with E-state index < -0.39 is 0 Å². The Hall–Kier alpha value is -2.05. The molecule has 0 aliphatic rings. The summed E-state index contributed by atoms with van der Waals surface area (Å²) >= 11 is 5.24. The first kappa shape index (κ1) is 22.2. The number of hydrogen-bond acceptors (Lipinski definition) is 3. The molecule has 0 saturated carbocycles. The molecule has 2 nitrogen and oxygen atoms in total. The average Bonchev–Trinajstić information content (AvgIpc) is 2.78. The van der Waals surface area contributed by atoms with E-state index in [0.29, 0.717) is 0 Å². The zero-order valence-electron chi connectivity index (χ0n) is 17.1. The fourth-order valence-electron chi connectivity index (χ4n) is 3.52. The third-order valence-electron chi connectivity index (χ3n) is 5.23. The molecule has 31 heavy (non-hydrogen) atoms. The number of rotatable bonds is 6. The van der Waals surface area contributed by atoms with Gasteiger partial charge in [0, 0.05) is 0 Å². The van der Waals surface area contributed by atoms with Crippen molar-refractivity contribution in [3.8, 4) is 0 Å². The Labute approximate surface area is 205 Å². The first-order chi connectivity index (χ1) is 15.0. The van der Waals surface area contributed by atoms with E-state index in [1.54, 1.807) is 33.7 Å². The van der Waals surface area contributed by atoms with Gasteiger partial charge in [0.15, 0.2) is 0 Å². The van der Waals surface area contributed by atoms with Crippen LogP contribution in [0, 0.1) is 0 Å². The van der Waals surface area contributed by atoms with Crippen molar-refractivity contribution in [2.24, 2.45) is 0 Å². The SMILES string of the molecule is Nc1ccc(C(SC(c2ccc(N)cc2)c2ccc([AsH2])cc2)c2ccc([AsH2])cc2)cc1. The van der Waals surface area contributed by atoms with E-state index in [0.717, 1.165) is 11.4 Å². The number of thioether (sulfide) groups is 1. The van der Waals surface area contributed by atoms with Gasteiger partial charge in [-0.25, -0.2) is 0 Å². The van der Waals surface area contributed by atoms with Gasteiger partial charge in [0.25, 0.3) is 0 Å². The molecule has 4 N–H and O–H groups in total. The third-order valence-corrected chi connectivity index (χ3v) is 8.48. The molecule has 4 aromatic carbocycles. The molecule has 4 atom stereocenters. The number of anilines is 2. The molecule has 0 bridgehead atoms. The Morgan fingerprint density at radius 1 is 0.452 bits per heavy atom. The summed E-state index contributed by atoms with van der Waals surface area (Å²) in [4.78, 5) is 0. The van der Waals surface area contributed by atoms with Crippen LogP contribution >= 0.6 is 11.8 Å². The van der Waals surface area contributed by atoms with Gasteiger partial charge in [0.05, 0.1) is 0 Å². The fraction of sp³-hybridized carbons (Fsp3) is 0.0769. The van der Waals surface area contributed by atoms with Crippen LogP contribution in [-0.2, 0) is 0 Å². The van der Waals surface area contributed by atoms with Crippen molar-refractivity contribution < 1.29 is 0 Å². The zero-order chi connectivity index (χ0) is 21.8. The van der Waals surface area contributed by atoms with Gasteiger partial charge in [-0.2, -0.15) is 0 Å². The van der Waals surface area contributed by atoms with Gasteiger partial charge in [-0.3, -0.25) is 0 Å². The van der Waals surface area contributed by atoms with Gasteiger partial charge < -0.3 is 0 Å². The molecular formula is C26H26As2N2S. The fourth-order valence-corrected chi connectivity index (χ4v) is 5.86. The van der Waals surface area contributed by atoms with Gasteiger partial charge in [-0.15, -0.1) is 0 Å². The Bertz CT molecular complexity index is 942. The Morgan fingerprint density at radius 3 is 1.00 bits per heavy atom. The van der Waals surface area contributed by atoms with E-state index in [-0.39, 0.29) is 10.5 Å². The van der Waals surface area contributed by atoms with Gasteiger partial charge in [-0.1, -0.05) is 0 Å². The molecule has 0 heterocycles. The quantitative estimate of drug-likeness (QED) is 0.288. The monoisotopic (exact) mass is 548 g/mol. The van der Waals surface area contributed by atoms with E-state index in [9.17, 15) is 0 Å². The van der Waals surface area contributed by atoms with E-state index in [1.165, 1.54) is 31.0 Å². The number of benzene rings is 4. The summed E-state index contributed by atoms with van der Waals surface area (Å²) in [5.74, 6) is 0. The van der Waals surface area contributed by atoms with E-state index in [4.69, 9.17) is 11.5 Å². The second-order valence-electron chi connectivity index (χ2n) is 7.56. The van der Waals surface area contributed by atoms with E-state index in [2.05, 4.69) is 72.8 Å². The molecule has 0 amide bonds. The molecule has 5 heteroatoms. The maximum absolute atomic E-state index is 5.98. The van der Waals surface area contributed by atoms with Crippen molar-refractivity contribution in [1.82, 2.24) is 0 Å². The van der Waals surface area contributed by atoms with E-state index >= 15 is 0 Å². The summed E-state index contributed by atoms with van der Waals surface area (Å²) in [5.41, 5.74) is 18.6. The summed E-state index contributed by atoms with van der Waals surface area (Å²) in [7, 11) is 0. The normalized spacial score (nSPS) is 13.0. The van der Waals surface area contributed by atoms with Crippen LogP contribution < -0.4 is 20.2 Å². The predicted molar refractivity (Wildman–Crippen MR) is 142 cm³/mol. The summed E-state index contributed by atoms with van der Waals surface area (Å²) in [5, 5.41) is 0.364. The van der Waals surface area contributed by atoms with Crippen molar-refractivity contribution in [3.05, 3.63) is 119 Å². The second-order valence-corrected chi connectivity index (χ2v) is 11.6. The molecule has 0 aromatic heterocycles. The molecule has 4 aromatic rings. The average molecular weight is 548 g/mol. The summed E-state index contributed by atoms with van der Waals surface area (Å²) in [6, 6.07) is 34.4. The topological polar surface area (TPSA) is 52.0 Å². The minimum absolute atomic E-state index is 0.182. The molecule has 0 aliphatic carbocycles. The summed E-state index contributed by atoms with van der Waals surface area (Å²) in [6.45, 7) is 0. The van der Waals surface area contributed by atoms with Crippen LogP contribution in [0.4, 0.5) is 11.4 Å². The molecule has 0 aliphatic heterocycles. The van der Waals surface area contributed by atoms with Crippen LogP contribution in [0.1, 0.15) is 32.8 Å². The molecule has 4 rings (SSSR count). The van der Waals surface area contributed by atoms with Crippen LogP contribution in [0.15, 0.2) is 97.1 Å². The zero-order valence-corrected chi connectivity index (χ0v) is 22.8. The van der Waals surface area contributed by atoms with Crippen molar-refractivity contribution in [2.45, 2.75) is 10.5 Å². The van der Waals surface area contributed by atoms with Crippen LogP contribution in [0.25, 0.3) is 0 Å². The first-order valence-electron chi connectivity index (χ1n) is 10.1. The van der Waals surface area contributed by atoms with Crippen LogP contribution in [0.3, 0.4) is 0 Å². The Morgan fingerprint density at radius 2 is 0.710 bits per heavy atom.